The molecular weight excluding hydrogens is 451 g/mol. The molecule has 1 amide bonds. The number of halogens is 1. The Bertz CT molecular complexity index is 717. The molecule has 5 nitrogen and oxygen atoms in total. The molecule has 0 aliphatic heterocycles. The summed E-state index contributed by atoms with van der Waals surface area (Å²) in [6.45, 7) is 6.20. The van der Waals surface area contributed by atoms with Crippen LogP contribution in [0.25, 0.3) is 0 Å². The first-order valence-electron chi connectivity index (χ1n) is 8.94. The van der Waals surface area contributed by atoms with Crippen molar-refractivity contribution in [1.29, 1.82) is 0 Å². The van der Waals surface area contributed by atoms with E-state index >= 15 is 0 Å². The van der Waals surface area contributed by atoms with Gasteiger partial charge in [0.15, 0.2) is 5.96 Å². The predicted octanol–water partition coefficient (Wildman–Crippen LogP) is 3.33. The summed E-state index contributed by atoms with van der Waals surface area (Å²) >= 11 is 0. The zero-order chi connectivity index (χ0) is 18.8. The van der Waals surface area contributed by atoms with E-state index in [2.05, 4.69) is 46.8 Å². The van der Waals surface area contributed by atoms with Gasteiger partial charge in [0.1, 0.15) is 6.54 Å². The van der Waals surface area contributed by atoms with Crippen LogP contribution in [0.15, 0.2) is 59.6 Å². The highest BCUT2D eigenvalue weighted by molar-refractivity contribution is 14.0. The van der Waals surface area contributed by atoms with Crippen LogP contribution in [-0.2, 0) is 17.9 Å². The Hall–Kier alpha value is -2.09. The van der Waals surface area contributed by atoms with Crippen LogP contribution in [0.5, 0.6) is 0 Å². The maximum atomic E-state index is 12.1. The summed E-state index contributed by atoms with van der Waals surface area (Å²) in [5, 5.41) is 6.14. The van der Waals surface area contributed by atoms with Gasteiger partial charge in [0.25, 0.3) is 0 Å². The third-order valence-corrected chi connectivity index (χ3v) is 3.94. The molecule has 2 rings (SSSR count). The third-order valence-electron chi connectivity index (χ3n) is 3.94. The largest absolute Gasteiger partial charge is 0.357 e. The zero-order valence-corrected chi connectivity index (χ0v) is 18.6. The van der Waals surface area contributed by atoms with E-state index in [1.807, 2.05) is 49.2 Å². The monoisotopic (exact) mass is 480 g/mol. The van der Waals surface area contributed by atoms with E-state index in [-0.39, 0.29) is 36.4 Å². The van der Waals surface area contributed by atoms with Crippen LogP contribution in [-0.4, -0.2) is 36.9 Å². The van der Waals surface area contributed by atoms with Crippen molar-refractivity contribution in [1.82, 2.24) is 15.5 Å². The maximum absolute atomic E-state index is 12.1. The average Bonchev–Trinajstić information content (AvgIpc) is 2.66. The number of nitrogens with zero attached hydrogens (tertiary/aromatic N) is 2. The maximum Gasteiger partial charge on any atom is 0.242 e. The molecule has 0 spiro atoms. The van der Waals surface area contributed by atoms with Crippen LogP contribution >= 0.6 is 24.0 Å². The first kappa shape index (κ1) is 23.0. The highest BCUT2D eigenvalue weighted by atomic mass is 127. The lowest BCUT2D eigenvalue weighted by molar-refractivity contribution is -0.119. The van der Waals surface area contributed by atoms with Crippen molar-refractivity contribution >= 4 is 35.8 Å². The van der Waals surface area contributed by atoms with Crippen LogP contribution in [0.3, 0.4) is 0 Å². The standard InChI is InChI=1S/C21H28N4O.HI/c1-4-22-21(25(3)16-19-12-10-17(2)11-13-19)24-15-20(26)23-14-18-8-6-5-7-9-18;/h5-13H,4,14-16H2,1-3H3,(H,22,24)(H,23,26);1H. The fourth-order valence-electron chi connectivity index (χ4n) is 2.51. The SMILES string of the molecule is CCNC(=NCC(=O)NCc1ccccc1)N(C)Cc1ccc(C)cc1.I. The van der Waals surface area contributed by atoms with Gasteiger partial charge in [0.2, 0.25) is 5.91 Å². The summed E-state index contributed by atoms with van der Waals surface area (Å²) in [4.78, 5) is 18.6. The topological polar surface area (TPSA) is 56.7 Å². The van der Waals surface area contributed by atoms with E-state index in [0.29, 0.717) is 6.54 Å². The first-order valence-corrected chi connectivity index (χ1v) is 8.94. The number of nitrogens with one attached hydrogen (secondary N) is 2. The van der Waals surface area contributed by atoms with Gasteiger partial charge >= 0.3 is 0 Å². The second-order valence-electron chi connectivity index (χ2n) is 6.27. The molecule has 0 bridgehead atoms. The van der Waals surface area contributed by atoms with Gasteiger partial charge in [-0.1, -0.05) is 60.2 Å². The molecule has 0 heterocycles. The van der Waals surface area contributed by atoms with Crippen molar-refractivity contribution in [2.45, 2.75) is 26.9 Å². The van der Waals surface area contributed by atoms with Gasteiger partial charge in [0.05, 0.1) is 0 Å². The highest BCUT2D eigenvalue weighted by Gasteiger charge is 2.08. The second-order valence-corrected chi connectivity index (χ2v) is 6.27. The minimum absolute atomic E-state index is 0. The molecular formula is C21H29IN4O. The molecule has 2 aromatic carbocycles. The zero-order valence-electron chi connectivity index (χ0n) is 16.2. The van der Waals surface area contributed by atoms with Crippen molar-refractivity contribution < 1.29 is 4.79 Å². The van der Waals surface area contributed by atoms with Crippen molar-refractivity contribution in [3.63, 3.8) is 0 Å². The van der Waals surface area contributed by atoms with E-state index in [0.717, 1.165) is 24.6 Å². The van der Waals surface area contributed by atoms with Crippen LogP contribution in [0, 0.1) is 6.92 Å². The molecule has 0 fully saturated rings. The smallest absolute Gasteiger partial charge is 0.242 e. The summed E-state index contributed by atoms with van der Waals surface area (Å²) in [7, 11) is 1.98. The number of guanidine groups is 1. The lowest BCUT2D eigenvalue weighted by Gasteiger charge is -2.22. The lowest BCUT2D eigenvalue weighted by atomic mass is 10.1. The van der Waals surface area contributed by atoms with Crippen molar-refractivity contribution in [2.24, 2.45) is 4.99 Å². The van der Waals surface area contributed by atoms with Crippen LogP contribution in [0.2, 0.25) is 0 Å². The number of hydrogen-bond donors (Lipinski definition) is 2. The Morgan fingerprint density at radius 2 is 1.67 bits per heavy atom. The summed E-state index contributed by atoms with van der Waals surface area (Å²) in [6, 6.07) is 18.3. The molecule has 0 aliphatic carbocycles. The molecule has 0 atom stereocenters. The normalized spacial score (nSPS) is 10.7. The number of benzene rings is 2. The quantitative estimate of drug-likeness (QED) is 0.363. The predicted molar refractivity (Wildman–Crippen MR) is 122 cm³/mol. The number of rotatable bonds is 7. The average molecular weight is 480 g/mol. The number of hydrogen-bond acceptors (Lipinski definition) is 2. The Balaban J connectivity index is 0.00000364. The Labute approximate surface area is 179 Å². The van der Waals surface area contributed by atoms with Gasteiger partial charge in [-0.2, -0.15) is 0 Å². The van der Waals surface area contributed by atoms with Crippen molar-refractivity contribution in [3.8, 4) is 0 Å². The minimum Gasteiger partial charge on any atom is -0.357 e. The molecule has 0 radical (unpaired) electrons. The molecule has 2 aromatic rings. The fraction of sp³-hybridized carbons (Fsp3) is 0.333. The number of amides is 1. The van der Waals surface area contributed by atoms with E-state index < -0.39 is 0 Å². The van der Waals surface area contributed by atoms with Gasteiger partial charge in [-0.15, -0.1) is 24.0 Å². The first-order chi connectivity index (χ1) is 12.6. The van der Waals surface area contributed by atoms with Gasteiger partial charge in [-0.25, -0.2) is 4.99 Å². The van der Waals surface area contributed by atoms with E-state index in [1.165, 1.54) is 11.1 Å². The number of carbonyl (C=O) groups excluding carboxylic acids is 1. The fourth-order valence-corrected chi connectivity index (χ4v) is 2.51. The number of aliphatic imine (C=N–C) groups is 1. The lowest BCUT2D eigenvalue weighted by Crippen LogP contribution is -2.39. The van der Waals surface area contributed by atoms with E-state index in [1.54, 1.807) is 0 Å². The molecule has 0 aliphatic rings. The second kappa shape index (κ2) is 12.3. The van der Waals surface area contributed by atoms with E-state index in [4.69, 9.17) is 0 Å². The number of aryl methyl sites for hydroxylation is 1. The molecule has 0 saturated heterocycles. The van der Waals surface area contributed by atoms with Gasteiger partial charge in [-0.05, 0) is 25.0 Å². The summed E-state index contributed by atoms with van der Waals surface area (Å²) < 4.78 is 0. The summed E-state index contributed by atoms with van der Waals surface area (Å²) in [5.41, 5.74) is 3.53. The minimum atomic E-state index is -0.0898. The summed E-state index contributed by atoms with van der Waals surface area (Å²) in [5.74, 6) is 0.635. The molecule has 146 valence electrons. The van der Waals surface area contributed by atoms with Crippen LogP contribution in [0.4, 0.5) is 0 Å². The third kappa shape index (κ3) is 8.43. The van der Waals surface area contributed by atoms with Gasteiger partial charge < -0.3 is 15.5 Å². The van der Waals surface area contributed by atoms with Crippen molar-refractivity contribution in [3.05, 3.63) is 71.3 Å². The molecule has 0 saturated carbocycles. The summed E-state index contributed by atoms with van der Waals surface area (Å²) in [6.07, 6.45) is 0. The highest BCUT2D eigenvalue weighted by Crippen LogP contribution is 2.06. The molecule has 0 aromatic heterocycles. The van der Waals surface area contributed by atoms with E-state index in [9.17, 15) is 4.79 Å². The van der Waals surface area contributed by atoms with Crippen LogP contribution < -0.4 is 10.6 Å². The van der Waals surface area contributed by atoms with Crippen LogP contribution in [0.1, 0.15) is 23.6 Å². The Morgan fingerprint density at radius 1 is 1.00 bits per heavy atom. The van der Waals surface area contributed by atoms with Crippen molar-refractivity contribution in [2.75, 3.05) is 20.1 Å². The number of carbonyl (C=O) groups is 1. The van der Waals surface area contributed by atoms with Gasteiger partial charge in [0, 0.05) is 26.7 Å². The molecule has 27 heavy (non-hydrogen) atoms. The molecule has 2 N–H and O–H groups in total. The Kier molecular flexibility index (Phi) is 10.5. The van der Waals surface area contributed by atoms with Gasteiger partial charge in [-0.3, -0.25) is 4.79 Å². The Morgan fingerprint density at radius 3 is 2.30 bits per heavy atom. The molecule has 0 unspecified atom stereocenters. The molecule has 6 heteroatoms.